The third-order valence-corrected chi connectivity index (χ3v) is 9.84. The van der Waals surface area contributed by atoms with Gasteiger partial charge in [-0.05, 0) is 70.3 Å². The molecule has 0 aromatic heterocycles. The van der Waals surface area contributed by atoms with E-state index in [1.165, 1.54) is 20.3 Å². The zero-order chi connectivity index (χ0) is 32.3. The van der Waals surface area contributed by atoms with Gasteiger partial charge in [0.1, 0.15) is 5.70 Å². The highest BCUT2D eigenvalue weighted by Gasteiger charge is 2.63. The smallest absolute Gasteiger partial charge is 0.355 e. The number of methoxy groups -OCH3 is 2. The highest BCUT2D eigenvalue weighted by molar-refractivity contribution is 9.10. The second-order valence-electron chi connectivity index (χ2n) is 11.0. The molecule has 46 heavy (non-hydrogen) atoms. The number of ether oxygens (including phenoxy) is 2. The highest BCUT2D eigenvalue weighted by atomic mass is 79.9. The van der Waals surface area contributed by atoms with Crippen LogP contribution in [0.4, 0.5) is 11.4 Å². The van der Waals surface area contributed by atoms with Crippen LogP contribution in [0.5, 0.6) is 0 Å². The van der Waals surface area contributed by atoms with E-state index in [0.717, 1.165) is 42.3 Å². The van der Waals surface area contributed by atoms with Crippen LogP contribution in [0.1, 0.15) is 22.3 Å². The first-order chi connectivity index (χ1) is 22.2. The molecular formula is C36H24Br2N2O6. The summed E-state index contributed by atoms with van der Waals surface area (Å²) in [5.41, 5.74) is 5.18. The fourth-order valence-corrected chi connectivity index (χ4v) is 7.83. The van der Waals surface area contributed by atoms with E-state index in [-0.39, 0.29) is 17.0 Å². The lowest BCUT2D eigenvalue weighted by Gasteiger charge is -2.41. The maximum atomic E-state index is 14.1. The van der Waals surface area contributed by atoms with E-state index in [2.05, 4.69) is 31.9 Å². The summed E-state index contributed by atoms with van der Waals surface area (Å²) in [7, 11) is 2.60. The number of esters is 2. The number of nitro groups is 1. The minimum absolute atomic E-state index is 0.0154. The number of fused-ring (bicyclic) bond motifs is 9. The summed E-state index contributed by atoms with van der Waals surface area (Å²) < 4.78 is 12.4. The molecule has 3 aliphatic rings. The number of para-hydroxylation sites is 2. The lowest BCUT2D eigenvalue weighted by Crippen LogP contribution is -2.46. The van der Waals surface area contributed by atoms with Crippen LogP contribution < -0.4 is 4.90 Å². The molecule has 4 aromatic rings. The van der Waals surface area contributed by atoms with Gasteiger partial charge >= 0.3 is 11.9 Å². The van der Waals surface area contributed by atoms with Gasteiger partial charge in [-0.3, -0.25) is 10.1 Å². The minimum atomic E-state index is -1.21. The number of rotatable bonds is 5. The molecule has 0 amide bonds. The number of allylic oxidation sites excluding steroid dienone is 2. The molecule has 1 unspecified atom stereocenters. The highest BCUT2D eigenvalue weighted by Crippen LogP contribution is 2.63. The number of hydrogen-bond acceptors (Lipinski definition) is 7. The van der Waals surface area contributed by atoms with Gasteiger partial charge in [-0.2, -0.15) is 0 Å². The van der Waals surface area contributed by atoms with Crippen LogP contribution >= 0.6 is 31.9 Å². The van der Waals surface area contributed by atoms with Gasteiger partial charge in [0.2, 0.25) is 0 Å². The van der Waals surface area contributed by atoms with Gasteiger partial charge in [0, 0.05) is 26.3 Å². The summed E-state index contributed by atoms with van der Waals surface area (Å²) in [6.45, 7) is 0. The fraction of sp³-hybridized carbons (Fsp3) is 0.111. The molecule has 0 N–H and O–H groups in total. The number of carbonyl (C=O) groups excluding carboxylic acids is 2. The molecule has 0 radical (unpaired) electrons. The fourth-order valence-electron chi connectivity index (χ4n) is 7.11. The normalized spacial score (nSPS) is 16.9. The van der Waals surface area contributed by atoms with Crippen molar-refractivity contribution in [3.05, 3.63) is 150 Å². The third kappa shape index (κ3) is 4.24. The van der Waals surface area contributed by atoms with Crippen molar-refractivity contribution >= 4 is 66.8 Å². The van der Waals surface area contributed by atoms with Crippen molar-refractivity contribution in [3.63, 3.8) is 0 Å². The zero-order valence-corrected chi connectivity index (χ0v) is 27.7. The van der Waals surface area contributed by atoms with Crippen LogP contribution in [0.25, 0.3) is 22.8 Å². The molecule has 10 heteroatoms. The molecule has 228 valence electrons. The molecule has 1 atom stereocenters. The van der Waals surface area contributed by atoms with Crippen LogP contribution in [0.15, 0.2) is 117 Å². The van der Waals surface area contributed by atoms with E-state index in [9.17, 15) is 19.7 Å². The first kappa shape index (κ1) is 29.9. The van der Waals surface area contributed by atoms with E-state index in [0.29, 0.717) is 11.3 Å². The Kier molecular flexibility index (Phi) is 7.29. The maximum absolute atomic E-state index is 14.1. The van der Waals surface area contributed by atoms with Crippen LogP contribution in [0.3, 0.4) is 0 Å². The summed E-state index contributed by atoms with van der Waals surface area (Å²) in [5.74, 6) is -1.33. The average molecular weight is 740 g/mol. The molecule has 2 aliphatic heterocycles. The van der Waals surface area contributed by atoms with Gasteiger partial charge in [0.05, 0.1) is 41.7 Å². The Morgan fingerprint density at radius 3 is 2.07 bits per heavy atom. The van der Waals surface area contributed by atoms with Gasteiger partial charge in [-0.1, -0.05) is 86.5 Å². The molecule has 1 spiro atoms. The second-order valence-corrected chi connectivity index (χ2v) is 12.8. The maximum Gasteiger partial charge on any atom is 0.355 e. The number of nitro benzene ring substituents is 1. The van der Waals surface area contributed by atoms with Crippen molar-refractivity contribution < 1.29 is 24.0 Å². The van der Waals surface area contributed by atoms with Gasteiger partial charge in [0.25, 0.3) is 5.69 Å². The zero-order valence-electron chi connectivity index (χ0n) is 24.5. The standard InChI is InChI=1S/C36H24Br2N2O6/c1-45-34(41)32-33(35(42)46-2)39-30-10-6-4-8-24(30)21(12-11-20-7-3-5-9-29(20)40(43)44)17-31(39)36(32)27-18-22(37)13-15-25(27)26-16-14-23(38)19-28(26)36/h3-19,31H,1-2H3/b12-11+. The van der Waals surface area contributed by atoms with E-state index < -0.39 is 28.3 Å². The van der Waals surface area contributed by atoms with Crippen LogP contribution in [0.2, 0.25) is 0 Å². The van der Waals surface area contributed by atoms with Gasteiger partial charge in [0.15, 0.2) is 0 Å². The Balaban J connectivity index is 1.59. The number of nitrogens with zero attached hydrogens (tertiary/aromatic N) is 2. The number of benzene rings is 4. The molecule has 0 bridgehead atoms. The van der Waals surface area contributed by atoms with Crippen LogP contribution in [-0.4, -0.2) is 37.1 Å². The molecule has 0 saturated carbocycles. The first-order valence-corrected chi connectivity index (χ1v) is 15.8. The SMILES string of the molecule is COC(=O)C1=C(C(=O)OC)C2(c3cc(Br)ccc3-c3ccc(Br)cc32)C2C=C(/C=C/c3ccccc3[N+](=O)[O-])c3ccccc3N12. The molecule has 4 aromatic carbocycles. The minimum Gasteiger partial charge on any atom is -0.466 e. The molecule has 2 heterocycles. The van der Waals surface area contributed by atoms with Crippen LogP contribution in [0, 0.1) is 10.1 Å². The van der Waals surface area contributed by atoms with E-state index in [1.54, 1.807) is 24.3 Å². The number of carbonyl (C=O) groups is 2. The first-order valence-electron chi connectivity index (χ1n) is 14.3. The monoisotopic (exact) mass is 738 g/mol. The van der Waals surface area contributed by atoms with Crippen molar-refractivity contribution in [2.75, 3.05) is 19.1 Å². The third-order valence-electron chi connectivity index (χ3n) is 8.85. The van der Waals surface area contributed by atoms with Gasteiger partial charge in [-0.25, -0.2) is 9.59 Å². The molecule has 8 nitrogen and oxygen atoms in total. The largest absolute Gasteiger partial charge is 0.466 e. The summed E-state index contributed by atoms with van der Waals surface area (Å²) in [6, 6.07) is 25.4. The predicted octanol–water partition coefficient (Wildman–Crippen LogP) is 7.99. The lowest BCUT2D eigenvalue weighted by molar-refractivity contribution is -0.385. The lowest BCUT2D eigenvalue weighted by atomic mass is 9.67. The van der Waals surface area contributed by atoms with Crippen molar-refractivity contribution in [2.45, 2.75) is 11.5 Å². The molecule has 7 rings (SSSR count). The Morgan fingerprint density at radius 2 is 1.43 bits per heavy atom. The molecule has 1 aliphatic carbocycles. The quantitative estimate of drug-likeness (QED) is 0.116. The number of halogens is 2. The Labute approximate surface area is 281 Å². The number of hydrogen-bond donors (Lipinski definition) is 0. The Morgan fingerprint density at radius 1 is 0.826 bits per heavy atom. The van der Waals surface area contributed by atoms with Crippen molar-refractivity contribution in [1.82, 2.24) is 0 Å². The number of anilines is 1. The van der Waals surface area contributed by atoms with Crippen LogP contribution in [-0.2, 0) is 24.5 Å². The predicted molar refractivity (Wildman–Crippen MR) is 182 cm³/mol. The van der Waals surface area contributed by atoms with E-state index >= 15 is 0 Å². The summed E-state index contributed by atoms with van der Waals surface area (Å²) >= 11 is 7.31. The van der Waals surface area contributed by atoms with E-state index in [1.807, 2.05) is 77.7 Å². The topological polar surface area (TPSA) is 99.0 Å². The molecular weight excluding hydrogens is 716 g/mol. The van der Waals surface area contributed by atoms with Gasteiger partial charge in [-0.15, -0.1) is 0 Å². The average Bonchev–Trinajstić information content (AvgIpc) is 3.52. The van der Waals surface area contributed by atoms with Gasteiger partial charge < -0.3 is 14.4 Å². The summed E-state index contributed by atoms with van der Waals surface area (Å²) in [5, 5.41) is 11.8. The second kappa shape index (κ2) is 11.2. The Bertz CT molecular complexity index is 2050. The van der Waals surface area contributed by atoms with E-state index in [4.69, 9.17) is 9.47 Å². The van der Waals surface area contributed by atoms with Crippen molar-refractivity contribution in [3.8, 4) is 11.1 Å². The molecule has 0 saturated heterocycles. The van der Waals surface area contributed by atoms with Crippen molar-refractivity contribution in [2.24, 2.45) is 0 Å². The summed E-state index contributed by atoms with van der Waals surface area (Å²) in [4.78, 5) is 41.2. The summed E-state index contributed by atoms with van der Waals surface area (Å²) in [6.07, 6.45) is 5.59. The Hall–Kier alpha value is -4.80. The van der Waals surface area contributed by atoms with Crippen molar-refractivity contribution in [1.29, 1.82) is 0 Å². The molecule has 0 fully saturated rings.